The number of ether oxygens (including phenoxy) is 4. The van der Waals surface area contributed by atoms with E-state index in [-0.39, 0.29) is 25.7 Å². The van der Waals surface area contributed by atoms with Crippen molar-refractivity contribution < 1.29 is 80.2 Å². The molecule has 0 aliphatic rings. The molecule has 85 heavy (non-hydrogen) atoms. The minimum Gasteiger partial charge on any atom is -0.462 e. The van der Waals surface area contributed by atoms with E-state index in [2.05, 4.69) is 48.5 Å². The Morgan fingerprint density at radius 1 is 0.318 bits per heavy atom. The van der Waals surface area contributed by atoms with Crippen molar-refractivity contribution in [3.05, 3.63) is 0 Å². The van der Waals surface area contributed by atoms with Crippen molar-refractivity contribution in [2.24, 2.45) is 17.8 Å². The average Bonchev–Trinajstić information content (AvgIpc) is 3.54. The molecule has 3 N–H and O–H groups in total. The Labute approximate surface area is 517 Å². The number of carbonyl (C=O) groups excluding carboxylic acids is 4. The predicted octanol–water partition coefficient (Wildman–Crippen LogP) is 18.3. The van der Waals surface area contributed by atoms with E-state index in [9.17, 15) is 43.2 Å². The summed E-state index contributed by atoms with van der Waals surface area (Å²) >= 11 is 0. The van der Waals surface area contributed by atoms with E-state index in [0.29, 0.717) is 37.5 Å². The molecule has 0 amide bonds. The third-order valence-electron chi connectivity index (χ3n) is 15.1. The number of aliphatic hydroxyl groups excluding tert-OH is 1. The molecule has 0 heterocycles. The Bertz CT molecular complexity index is 1680. The van der Waals surface area contributed by atoms with Crippen LogP contribution in [0.4, 0.5) is 0 Å². The summed E-state index contributed by atoms with van der Waals surface area (Å²) in [7, 11) is -9.89. The fraction of sp³-hybridized carbons (Fsp3) is 0.939. The Morgan fingerprint density at radius 2 is 0.541 bits per heavy atom. The molecule has 5 atom stereocenters. The molecule has 0 rings (SSSR count). The maximum atomic E-state index is 13.0. The van der Waals surface area contributed by atoms with E-state index >= 15 is 0 Å². The summed E-state index contributed by atoms with van der Waals surface area (Å²) < 4.78 is 67.9. The van der Waals surface area contributed by atoms with Crippen molar-refractivity contribution in [3.8, 4) is 0 Å². The smallest absolute Gasteiger partial charge is 0.462 e. The van der Waals surface area contributed by atoms with Crippen molar-refractivity contribution in [2.75, 3.05) is 39.6 Å². The van der Waals surface area contributed by atoms with Gasteiger partial charge in [0.15, 0.2) is 12.2 Å². The molecule has 0 saturated carbocycles. The third-order valence-corrected chi connectivity index (χ3v) is 17.0. The number of hydrogen-bond donors (Lipinski definition) is 3. The topological polar surface area (TPSA) is 237 Å². The number of esters is 4. The van der Waals surface area contributed by atoms with E-state index < -0.39 is 97.5 Å². The molecule has 504 valence electrons. The number of rotatable bonds is 64. The van der Waals surface area contributed by atoms with E-state index in [1.807, 2.05) is 0 Å². The van der Waals surface area contributed by atoms with Gasteiger partial charge in [0.25, 0.3) is 0 Å². The second-order valence-corrected chi connectivity index (χ2v) is 28.2. The van der Waals surface area contributed by atoms with Gasteiger partial charge in [0.1, 0.15) is 19.3 Å². The summed E-state index contributed by atoms with van der Waals surface area (Å²) in [6, 6.07) is 0. The quantitative estimate of drug-likeness (QED) is 0.0222. The van der Waals surface area contributed by atoms with Gasteiger partial charge < -0.3 is 33.8 Å². The molecule has 0 aliphatic carbocycles. The number of phosphoric ester groups is 2. The van der Waals surface area contributed by atoms with Crippen LogP contribution >= 0.6 is 15.6 Å². The van der Waals surface area contributed by atoms with Gasteiger partial charge >= 0.3 is 39.5 Å². The Hall–Kier alpha value is -1.94. The van der Waals surface area contributed by atoms with Gasteiger partial charge in [0, 0.05) is 25.7 Å². The van der Waals surface area contributed by atoms with Gasteiger partial charge in [-0.15, -0.1) is 0 Å². The van der Waals surface area contributed by atoms with Crippen LogP contribution in [0.2, 0.25) is 0 Å². The van der Waals surface area contributed by atoms with Crippen molar-refractivity contribution in [2.45, 2.75) is 343 Å². The van der Waals surface area contributed by atoms with E-state index in [1.54, 1.807) is 0 Å². The van der Waals surface area contributed by atoms with Gasteiger partial charge in [-0.3, -0.25) is 37.3 Å². The van der Waals surface area contributed by atoms with Crippen LogP contribution in [0.3, 0.4) is 0 Å². The second kappa shape index (κ2) is 57.2. The van der Waals surface area contributed by atoms with Crippen molar-refractivity contribution >= 4 is 39.5 Å². The van der Waals surface area contributed by atoms with E-state index in [1.165, 1.54) is 116 Å². The molecule has 17 nitrogen and oxygen atoms in total. The molecule has 0 aromatic rings. The highest BCUT2D eigenvalue weighted by atomic mass is 31.2. The zero-order chi connectivity index (χ0) is 63.1. The summed E-state index contributed by atoms with van der Waals surface area (Å²) in [6.45, 7) is 11.7. The SMILES string of the molecule is CCCCCCCCCC(=O)OC[C@H](COP(=O)(O)OC[C@H](O)COP(=O)(O)OC[C@@H](COC(=O)CCCCCCCCCC(C)C)OC(=O)CCCCCCCCCCCCCCCCCCC(C)C)OC(=O)CCCCCCCCC(C)C. The standard InChI is InChI=1S/C66H128O17P2/c1-8-9-10-11-23-33-40-47-63(68)76-53-62(83-66(71)50-43-36-29-28-32-39-46-59(6)7)56-81-85(74,75)79-52-60(67)51-78-84(72,73)80-55-61(54-77-64(69)48-41-34-27-22-25-31-38-45-58(4)5)82-65(70)49-42-35-26-21-19-17-15-13-12-14-16-18-20-24-30-37-44-57(2)3/h57-62,67H,8-56H2,1-7H3,(H,72,73)(H,74,75)/t60-,61-,62-/m1/s1. The first-order chi connectivity index (χ1) is 40.7. The maximum Gasteiger partial charge on any atom is 0.472 e. The largest absolute Gasteiger partial charge is 0.472 e. The molecule has 0 spiro atoms. The van der Waals surface area contributed by atoms with Crippen molar-refractivity contribution in [1.29, 1.82) is 0 Å². The monoisotopic (exact) mass is 1250 g/mol. The number of hydrogen-bond acceptors (Lipinski definition) is 15. The maximum absolute atomic E-state index is 13.0. The van der Waals surface area contributed by atoms with Gasteiger partial charge in [-0.2, -0.15) is 0 Å². The van der Waals surface area contributed by atoms with E-state index in [0.717, 1.165) is 115 Å². The highest BCUT2D eigenvalue weighted by Gasteiger charge is 2.30. The summed E-state index contributed by atoms with van der Waals surface area (Å²) in [5, 5.41) is 10.5. The predicted molar refractivity (Wildman–Crippen MR) is 340 cm³/mol. The van der Waals surface area contributed by atoms with Crippen LogP contribution in [-0.2, 0) is 65.4 Å². The number of unbranched alkanes of at least 4 members (excludes halogenated alkanes) is 32. The zero-order valence-corrected chi connectivity index (χ0v) is 56.9. The minimum atomic E-state index is -4.95. The highest BCUT2D eigenvalue weighted by Crippen LogP contribution is 2.45. The van der Waals surface area contributed by atoms with Crippen molar-refractivity contribution in [1.82, 2.24) is 0 Å². The molecular formula is C66H128O17P2. The normalized spacial score (nSPS) is 14.3. The lowest BCUT2D eigenvalue weighted by atomic mass is 10.0. The van der Waals surface area contributed by atoms with Gasteiger partial charge in [-0.1, -0.05) is 273 Å². The Balaban J connectivity index is 5.15. The highest BCUT2D eigenvalue weighted by molar-refractivity contribution is 7.47. The van der Waals surface area contributed by atoms with E-state index in [4.69, 9.17) is 37.0 Å². The number of phosphoric acid groups is 2. The Kier molecular flexibility index (Phi) is 55.9. The van der Waals surface area contributed by atoms with Crippen LogP contribution in [0.15, 0.2) is 0 Å². The first-order valence-electron chi connectivity index (χ1n) is 34.3. The molecule has 0 aromatic heterocycles. The molecule has 19 heteroatoms. The van der Waals surface area contributed by atoms with Crippen LogP contribution in [0.1, 0.15) is 325 Å². The van der Waals surface area contributed by atoms with Crippen LogP contribution in [0.25, 0.3) is 0 Å². The summed E-state index contributed by atoms with van der Waals surface area (Å²) in [6.07, 6.45) is 39.4. The van der Waals surface area contributed by atoms with Gasteiger partial charge in [-0.25, -0.2) is 9.13 Å². The average molecular weight is 1260 g/mol. The van der Waals surface area contributed by atoms with Crippen LogP contribution in [0.5, 0.6) is 0 Å². The molecule has 0 saturated heterocycles. The summed E-state index contributed by atoms with van der Waals surface area (Å²) in [5.74, 6) is 0.0416. The second-order valence-electron chi connectivity index (χ2n) is 25.3. The zero-order valence-electron chi connectivity index (χ0n) is 55.1. The lowest BCUT2D eigenvalue weighted by Crippen LogP contribution is -2.30. The van der Waals surface area contributed by atoms with Crippen LogP contribution < -0.4 is 0 Å². The van der Waals surface area contributed by atoms with Gasteiger partial charge in [-0.05, 0) is 43.4 Å². The van der Waals surface area contributed by atoms with Crippen LogP contribution in [-0.4, -0.2) is 96.7 Å². The fourth-order valence-corrected chi connectivity index (χ4v) is 11.4. The molecular weight excluding hydrogens is 1130 g/mol. The summed E-state index contributed by atoms with van der Waals surface area (Å²) in [4.78, 5) is 72.1. The summed E-state index contributed by atoms with van der Waals surface area (Å²) in [5.41, 5.74) is 0. The Morgan fingerprint density at radius 3 is 0.800 bits per heavy atom. The molecule has 0 aromatic carbocycles. The first kappa shape index (κ1) is 83.1. The van der Waals surface area contributed by atoms with Crippen LogP contribution in [0, 0.1) is 17.8 Å². The third kappa shape index (κ3) is 60.7. The molecule has 0 fully saturated rings. The molecule has 2 unspecified atom stereocenters. The number of carbonyl (C=O) groups is 4. The molecule has 0 radical (unpaired) electrons. The lowest BCUT2D eigenvalue weighted by Gasteiger charge is -2.21. The number of aliphatic hydroxyl groups is 1. The van der Waals surface area contributed by atoms with Crippen molar-refractivity contribution in [3.63, 3.8) is 0 Å². The first-order valence-corrected chi connectivity index (χ1v) is 37.3. The fourth-order valence-electron chi connectivity index (χ4n) is 9.83. The lowest BCUT2D eigenvalue weighted by molar-refractivity contribution is -0.161. The molecule has 0 aliphatic heterocycles. The van der Waals surface area contributed by atoms with Gasteiger partial charge in [0.05, 0.1) is 26.4 Å². The minimum absolute atomic E-state index is 0.101. The molecule has 0 bridgehead atoms. The van der Waals surface area contributed by atoms with Gasteiger partial charge in [0.2, 0.25) is 0 Å².